The summed E-state index contributed by atoms with van der Waals surface area (Å²) in [5.41, 5.74) is 1.01. The molecule has 132 valence electrons. The van der Waals surface area contributed by atoms with Crippen LogP contribution in [0.2, 0.25) is 5.02 Å². The number of carbonyl (C=O) groups is 2. The minimum Gasteiger partial charge on any atom is -0.467 e. The molecule has 1 aromatic heterocycles. The largest absolute Gasteiger partial charge is 0.467 e. The lowest BCUT2D eigenvalue weighted by molar-refractivity contribution is -0.136. The third-order valence-corrected chi connectivity index (χ3v) is 5.02. The molecule has 2 aromatic rings. The quantitative estimate of drug-likeness (QED) is 0.820. The fourth-order valence-electron chi connectivity index (χ4n) is 3.12. The van der Waals surface area contributed by atoms with E-state index in [1.165, 1.54) is 0 Å². The van der Waals surface area contributed by atoms with Gasteiger partial charge in [0.25, 0.3) is 0 Å². The van der Waals surface area contributed by atoms with Gasteiger partial charge < -0.3 is 14.2 Å². The van der Waals surface area contributed by atoms with Crippen molar-refractivity contribution in [2.45, 2.75) is 25.9 Å². The Morgan fingerprint density at radius 1 is 1.36 bits per heavy atom. The number of rotatable bonds is 5. The molecule has 0 radical (unpaired) electrons. The van der Waals surface area contributed by atoms with E-state index in [4.69, 9.17) is 16.0 Å². The number of furan rings is 1. The molecule has 3 rings (SSSR count). The molecule has 2 amide bonds. The standard InChI is InChI=1S/C19H21ClN2O3/c1-13(14-5-7-16(20)8-6-14)21(2)19(24)15-10-18(23)22(11-15)12-17-4-3-9-25-17/h3-9,13,15H,10-12H2,1-2H3. The van der Waals surface area contributed by atoms with Gasteiger partial charge in [-0.1, -0.05) is 23.7 Å². The zero-order valence-corrected chi connectivity index (χ0v) is 15.1. The van der Waals surface area contributed by atoms with Gasteiger partial charge in [-0.15, -0.1) is 0 Å². The Morgan fingerprint density at radius 2 is 2.08 bits per heavy atom. The van der Waals surface area contributed by atoms with Crippen molar-refractivity contribution in [1.82, 2.24) is 9.80 Å². The second-order valence-corrected chi connectivity index (χ2v) is 6.87. The normalized spacial score (nSPS) is 18.4. The number of amides is 2. The molecule has 25 heavy (non-hydrogen) atoms. The topological polar surface area (TPSA) is 53.8 Å². The van der Waals surface area contributed by atoms with E-state index in [0.717, 1.165) is 11.3 Å². The number of hydrogen-bond donors (Lipinski definition) is 0. The van der Waals surface area contributed by atoms with Crippen molar-refractivity contribution < 1.29 is 14.0 Å². The molecule has 0 N–H and O–H groups in total. The summed E-state index contributed by atoms with van der Waals surface area (Å²) in [6.07, 6.45) is 1.83. The molecule has 1 aromatic carbocycles. The van der Waals surface area contributed by atoms with Gasteiger partial charge in [0, 0.05) is 25.0 Å². The second kappa shape index (κ2) is 7.31. The first-order valence-electron chi connectivity index (χ1n) is 8.28. The first-order valence-corrected chi connectivity index (χ1v) is 8.66. The molecule has 0 aliphatic carbocycles. The van der Waals surface area contributed by atoms with Crippen molar-refractivity contribution in [3.8, 4) is 0 Å². The van der Waals surface area contributed by atoms with Crippen molar-refractivity contribution in [2.24, 2.45) is 5.92 Å². The molecule has 1 fully saturated rings. The molecule has 6 heteroatoms. The number of nitrogens with zero attached hydrogens (tertiary/aromatic N) is 2. The van der Waals surface area contributed by atoms with Gasteiger partial charge in [-0.3, -0.25) is 9.59 Å². The number of hydrogen-bond acceptors (Lipinski definition) is 3. The smallest absolute Gasteiger partial charge is 0.228 e. The highest BCUT2D eigenvalue weighted by Gasteiger charge is 2.37. The zero-order valence-electron chi connectivity index (χ0n) is 14.3. The van der Waals surface area contributed by atoms with E-state index in [-0.39, 0.29) is 30.2 Å². The molecule has 2 heterocycles. The number of carbonyl (C=O) groups excluding carboxylic acids is 2. The van der Waals surface area contributed by atoms with Crippen molar-refractivity contribution >= 4 is 23.4 Å². The van der Waals surface area contributed by atoms with Gasteiger partial charge in [0.05, 0.1) is 24.8 Å². The van der Waals surface area contributed by atoms with E-state index in [2.05, 4.69) is 0 Å². The molecule has 1 aliphatic rings. The minimum atomic E-state index is -0.317. The van der Waals surface area contributed by atoms with Crippen LogP contribution in [0.15, 0.2) is 47.1 Å². The Bertz CT molecular complexity index is 743. The Labute approximate surface area is 152 Å². The van der Waals surface area contributed by atoms with Gasteiger partial charge in [-0.2, -0.15) is 0 Å². The predicted molar refractivity (Wildman–Crippen MR) is 94.9 cm³/mol. The first-order chi connectivity index (χ1) is 12.0. The van der Waals surface area contributed by atoms with Crippen LogP contribution < -0.4 is 0 Å². The maximum atomic E-state index is 12.8. The van der Waals surface area contributed by atoms with E-state index < -0.39 is 0 Å². The lowest BCUT2D eigenvalue weighted by Gasteiger charge is -2.28. The van der Waals surface area contributed by atoms with Crippen LogP contribution in [0.1, 0.15) is 30.7 Å². The van der Waals surface area contributed by atoms with Gasteiger partial charge in [-0.05, 0) is 36.8 Å². The van der Waals surface area contributed by atoms with Crippen LogP contribution in [0.5, 0.6) is 0 Å². The average molecular weight is 361 g/mol. The SMILES string of the molecule is CC(c1ccc(Cl)cc1)N(C)C(=O)C1CC(=O)N(Cc2ccco2)C1. The molecular formula is C19H21ClN2O3. The Kier molecular flexibility index (Phi) is 5.13. The zero-order chi connectivity index (χ0) is 18.0. The van der Waals surface area contributed by atoms with Crippen LogP contribution >= 0.6 is 11.6 Å². The van der Waals surface area contributed by atoms with Crippen LogP contribution in [0.4, 0.5) is 0 Å². The van der Waals surface area contributed by atoms with Crippen molar-refractivity contribution in [3.05, 3.63) is 59.0 Å². The Hall–Kier alpha value is -2.27. The summed E-state index contributed by atoms with van der Waals surface area (Å²) < 4.78 is 5.29. The van der Waals surface area contributed by atoms with Gasteiger partial charge in [0.15, 0.2) is 0 Å². The summed E-state index contributed by atoms with van der Waals surface area (Å²) in [4.78, 5) is 28.4. The average Bonchev–Trinajstić information content (AvgIpc) is 3.24. The molecule has 0 spiro atoms. The highest BCUT2D eigenvalue weighted by Crippen LogP contribution is 2.27. The Morgan fingerprint density at radius 3 is 2.72 bits per heavy atom. The summed E-state index contributed by atoms with van der Waals surface area (Å²) in [6, 6.07) is 11.0. The summed E-state index contributed by atoms with van der Waals surface area (Å²) in [5, 5.41) is 0.667. The van der Waals surface area contributed by atoms with Crippen molar-refractivity contribution in [1.29, 1.82) is 0 Å². The van der Waals surface area contributed by atoms with E-state index in [9.17, 15) is 9.59 Å². The maximum Gasteiger partial charge on any atom is 0.228 e. The fourth-order valence-corrected chi connectivity index (χ4v) is 3.25. The lowest BCUT2D eigenvalue weighted by atomic mass is 10.0. The maximum absolute atomic E-state index is 12.8. The summed E-state index contributed by atoms with van der Waals surface area (Å²) in [6.45, 7) is 2.81. The summed E-state index contributed by atoms with van der Waals surface area (Å²) in [7, 11) is 1.78. The third-order valence-electron chi connectivity index (χ3n) is 4.77. The van der Waals surface area contributed by atoms with Crippen LogP contribution in [0.3, 0.4) is 0 Å². The van der Waals surface area contributed by atoms with E-state index in [0.29, 0.717) is 18.1 Å². The third kappa shape index (κ3) is 3.87. The summed E-state index contributed by atoms with van der Waals surface area (Å²) >= 11 is 5.92. The monoisotopic (exact) mass is 360 g/mol. The first kappa shape index (κ1) is 17.5. The number of halogens is 1. The van der Waals surface area contributed by atoms with Gasteiger partial charge in [0.1, 0.15) is 5.76 Å². The Balaban J connectivity index is 1.64. The summed E-state index contributed by atoms with van der Waals surface area (Å²) in [5.74, 6) is 0.381. The highest BCUT2D eigenvalue weighted by atomic mass is 35.5. The second-order valence-electron chi connectivity index (χ2n) is 6.43. The minimum absolute atomic E-state index is 0.0118. The van der Waals surface area contributed by atoms with Crippen LogP contribution in [0, 0.1) is 5.92 Å². The fraction of sp³-hybridized carbons (Fsp3) is 0.368. The molecule has 2 unspecified atom stereocenters. The molecule has 0 saturated carbocycles. The van der Waals surface area contributed by atoms with Gasteiger partial charge in [0.2, 0.25) is 11.8 Å². The van der Waals surface area contributed by atoms with Crippen LogP contribution in [-0.4, -0.2) is 35.2 Å². The highest BCUT2D eigenvalue weighted by molar-refractivity contribution is 6.30. The van der Waals surface area contributed by atoms with Crippen molar-refractivity contribution in [2.75, 3.05) is 13.6 Å². The molecular weight excluding hydrogens is 340 g/mol. The van der Waals surface area contributed by atoms with Gasteiger partial charge in [-0.25, -0.2) is 0 Å². The van der Waals surface area contributed by atoms with Crippen LogP contribution in [0.25, 0.3) is 0 Å². The van der Waals surface area contributed by atoms with Crippen LogP contribution in [-0.2, 0) is 16.1 Å². The molecule has 0 bridgehead atoms. The van der Waals surface area contributed by atoms with E-state index in [1.807, 2.05) is 37.3 Å². The van der Waals surface area contributed by atoms with E-state index in [1.54, 1.807) is 29.2 Å². The van der Waals surface area contributed by atoms with Gasteiger partial charge >= 0.3 is 0 Å². The van der Waals surface area contributed by atoms with E-state index >= 15 is 0 Å². The molecule has 1 aliphatic heterocycles. The molecule has 2 atom stereocenters. The lowest BCUT2D eigenvalue weighted by Crippen LogP contribution is -2.36. The number of likely N-dealkylation sites (tertiary alicyclic amines) is 1. The number of benzene rings is 1. The molecule has 1 saturated heterocycles. The molecule has 5 nitrogen and oxygen atoms in total. The predicted octanol–water partition coefficient (Wildman–Crippen LogP) is 3.50. The van der Waals surface area contributed by atoms with Crippen molar-refractivity contribution in [3.63, 3.8) is 0 Å².